The fourth-order valence-electron chi connectivity index (χ4n) is 3.10. The Hall–Kier alpha value is -2.64. The second kappa shape index (κ2) is 10.4. The van der Waals surface area contributed by atoms with E-state index in [4.69, 9.17) is 12.2 Å². The Morgan fingerprint density at radius 3 is 2.63 bits per heavy atom. The molecule has 0 spiro atoms. The Morgan fingerprint density at radius 2 is 1.87 bits per heavy atom. The first-order chi connectivity index (χ1) is 14.5. The Bertz CT molecular complexity index is 988. The molecule has 5 nitrogen and oxygen atoms in total. The number of phenolic OH excluding ortho intramolecular Hbond substituents is 1. The van der Waals surface area contributed by atoms with E-state index in [9.17, 15) is 14.7 Å². The maximum absolute atomic E-state index is 12.6. The van der Waals surface area contributed by atoms with Crippen molar-refractivity contribution in [3.8, 4) is 5.75 Å². The number of aromatic hydroxyl groups is 1. The molecule has 7 heteroatoms. The fourth-order valence-corrected chi connectivity index (χ4v) is 4.40. The highest BCUT2D eigenvalue weighted by Crippen LogP contribution is 2.34. The number of benzene rings is 2. The van der Waals surface area contributed by atoms with Crippen molar-refractivity contribution in [3.05, 3.63) is 64.6 Å². The number of thioether (sulfide) groups is 1. The molecule has 2 aromatic rings. The second-order valence-electron chi connectivity index (χ2n) is 7.07. The third-order valence-electron chi connectivity index (χ3n) is 4.80. The average molecular weight is 441 g/mol. The van der Waals surface area contributed by atoms with Crippen LogP contribution in [0, 0.1) is 6.92 Å². The summed E-state index contributed by atoms with van der Waals surface area (Å²) in [5.74, 6) is -0.00203. The molecule has 1 fully saturated rings. The van der Waals surface area contributed by atoms with Gasteiger partial charge in [-0.3, -0.25) is 14.5 Å². The quantitative estimate of drug-likeness (QED) is 0.339. The molecule has 1 saturated heterocycles. The lowest BCUT2D eigenvalue weighted by Crippen LogP contribution is -2.29. The first-order valence-electron chi connectivity index (χ1n) is 9.84. The molecule has 0 aliphatic carbocycles. The van der Waals surface area contributed by atoms with Crippen LogP contribution < -0.4 is 5.32 Å². The molecule has 0 atom stereocenters. The van der Waals surface area contributed by atoms with Crippen LogP contribution in [0.15, 0.2) is 53.4 Å². The van der Waals surface area contributed by atoms with Crippen LogP contribution in [0.2, 0.25) is 0 Å². The largest absolute Gasteiger partial charge is 0.507 e. The normalized spacial score (nSPS) is 15.1. The van der Waals surface area contributed by atoms with Gasteiger partial charge in [-0.2, -0.15) is 0 Å². The molecule has 1 aliphatic rings. The van der Waals surface area contributed by atoms with Gasteiger partial charge in [0.1, 0.15) is 10.1 Å². The molecule has 2 amide bonds. The summed E-state index contributed by atoms with van der Waals surface area (Å²) in [6.45, 7) is 2.49. The summed E-state index contributed by atoms with van der Waals surface area (Å²) in [6.07, 6.45) is 4.47. The zero-order valence-corrected chi connectivity index (χ0v) is 18.4. The van der Waals surface area contributed by atoms with Gasteiger partial charge in [-0.1, -0.05) is 66.8 Å². The molecule has 156 valence electrons. The molecule has 1 aliphatic heterocycles. The average Bonchev–Trinajstić information content (AvgIpc) is 2.98. The summed E-state index contributed by atoms with van der Waals surface area (Å²) in [4.78, 5) is 26.9. The van der Waals surface area contributed by atoms with Crippen molar-refractivity contribution in [1.29, 1.82) is 0 Å². The van der Waals surface area contributed by atoms with Crippen LogP contribution in [0.4, 0.5) is 5.69 Å². The van der Waals surface area contributed by atoms with Crippen molar-refractivity contribution in [2.24, 2.45) is 0 Å². The van der Waals surface area contributed by atoms with Gasteiger partial charge in [0.2, 0.25) is 5.91 Å². The summed E-state index contributed by atoms with van der Waals surface area (Å²) in [5, 5.41) is 12.8. The number of thiocarbonyl (C=S) groups is 1. The molecule has 30 heavy (non-hydrogen) atoms. The number of rotatable bonds is 8. The number of amides is 2. The van der Waals surface area contributed by atoms with Gasteiger partial charge in [-0.15, -0.1) is 0 Å². The number of carbonyl (C=O) groups excluding carboxylic acids is 2. The molecule has 1 heterocycles. The third kappa shape index (κ3) is 5.70. The van der Waals surface area contributed by atoms with Crippen molar-refractivity contribution in [2.45, 2.75) is 32.6 Å². The Kier molecular flexibility index (Phi) is 7.65. The van der Waals surface area contributed by atoms with Crippen LogP contribution in [0.25, 0.3) is 6.08 Å². The highest BCUT2D eigenvalue weighted by molar-refractivity contribution is 8.26. The van der Waals surface area contributed by atoms with Gasteiger partial charge < -0.3 is 10.4 Å². The summed E-state index contributed by atoms with van der Waals surface area (Å²) in [6, 6.07) is 14.6. The van der Waals surface area contributed by atoms with Gasteiger partial charge >= 0.3 is 0 Å². The van der Waals surface area contributed by atoms with Crippen LogP contribution >= 0.6 is 24.0 Å². The van der Waals surface area contributed by atoms with Crippen molar-refractivity contribution >= 4 is 51.9 Å². The van der Waals surface area contributed by atoms with E-state index in [0.29, 0.717) is 27.8 Å². The standard InChI is InChI=1S/C23H24N2O3S2/c1-16-9-4-6-11-18(16)24-21(27)13-3-2-8-14-25-22(28)20(30-23(25)29)15-17-10-5-7-12-19(17)26/h4-7,9-12,15,26H,2-3,8,13-14H2,1H3,(H,24,27)/b20-15-. The third-order valence-corrected chi connectivity index (χ3v) is 6.18. The molecule has 0 radical (unpaired) electrons. The fraction of sp³-hybridized carbons (Fsp3) is 0.261. The summed E-state index contributed by atoms with van der Waals surface area (Å²) < 4.78 is 0.527. The molecule has 0 saturated carbocycles. The SMILES string of the molecule is Cc1ccccc1NC(=O)CCCCCN1C(=O)/C(=C/c2ccccc2O)SC1=S. The molecular weight excluding hydrogens is 416 g/mol. The number of phenols is 1. The first-order valence-corrected chi connectivity index (χ1v) is 11.1. The predicted molar refractivity (Wildman–Crippen MR) is 126 cm³/mol. The van der Waals surface area contributed by atoms with Crippen molar-refractivity contribution in [1.82, 2.24) is 4.90 Å². The van der Waals surface area contributed by atoms with Crippen LogP contribution in [0.5, 0.6) is 5.75 Å². The molecule has 0 unspecified atom stereocenters. The molecular formula is C23H24N2O3S2. The smallest absolute Gasteiger partial charge is 0.266 e. The van der Waals surface area contributed by atoms with Gasteiger partial charge in [0.15, 0.2) is 0 Å². The maximum atomic E-state index is 12.6. The summed E-state index contributed by atoms with van der Waals surface area (Å²) >= 11 is 6.60. The Morgan fingerprint density at radius 1 is 1.13 bits per heavy atom. The van der Waals surface area contributed by atoms with E-state index in [1.54, 1.807) is 29.2 Å². The monoisotopic (exact) mass is 440 g/mol. The summed E-state index contributed by atoms with van der Waals surface area (Å²) in [7, 11) is 0. The topological polar surface area (TPSA) is 69.6 Å². The molecule has 2 aromatic carbocycles. The Labute approximate surface area is 186 Å². The predicted octanol–water partition coefficient (Wildman–Crippen LogP) is 5.10. The lowest BCUT2D eigenvalue weighted by molar-refractivity contribution is -0.122. The van der Waals surface area contributed by atoms with Crippen LogP contribution in [0.1, 0.15) is 36.8 Å². The lowest BCUT2D eigenvalue weighted by atomic mass is 10.1. The highest BCUT2D eigenvalue weighted by Gasteiger charge is 2.31. The van der Waals surface area contributed by atoms with Gasteiger partial charge in [0, 0.05) is 24.2 Å². The Balaban J connectivity index is 1.43. The number of nitrogens with one attached hydrogen (secondary N) is 1. The number of hydrogen-bond donors (Lipinski definition) is 2. The number of unbranched alkanes of at least 4 members (excludes halogenated alkanes) is 2. The minimum atomic E-state index is -0.134. The van der Waals surface area contributed by atoms with Crippen molar-refractivity contribution in [2.75, 3.05) is 11.9 Å². The van der Waals surface area contributed by atoms with Crippen LogP contribution in [-0.2, 0) is 9.59 Å². The highest BCUT2D eigenvalue weighted by atomic mass is 32.2. The van der Waals surface area contributed by atoms with E-state index in [-0.39, 0.29) is 17.6 Å². The first kappa shape index (κ1) is 22.1. The molecule has 3 rings (SSSR count). The molecule has 2 N–H and O–H groups in total. The molecule has 0 bridgehead atoms. The van der Waals surface area contributed by atoms with E-state index in [0.717, 1.165) is 30.5 Å². The lowest BCUT2D eigenvalue weighted by Gasteiger charge is -2.14. The van der Waals surface area contributed by atoms with E-state index >= 15 is 0 Å². The van der Waals surface area contributed by atoms with Gasteiger partial charge in [-0.25, -0.2) is 0 Å². The minimum Gasteiger partial charge on any atom is -0.507 e. The van der Waals surface area contributed by atoms with Gasteiger partial charge in [-0.05, 0) is 43.5 Å². The minimum absolute atomic E-state index is 0.000476. The van der Waals surface area contributed by atoms with Gasteiger partial charge in [0.25, 0.3) is 5.91 Å². The van der Waals surface area contributed by atoms with E-state index < -0.39 is 0 Å². The van der Waals surface area contributed by atoms with Crippen LogP contribution in [-0.4, -0.2) is 32.7 Å². The van der Waals surface area contributed by atoms with E-state index in [1.807, 2.05) is 37.3 Å². The van der Waals surface area contributed by atoms with E-state index in [2.05, 4.69) is 5.32 Å². The van der Waals surface area contributed by atoms with E-state index in [1.165, 1.54) is 11.8 Å². The zero-order valence-electron chi connectivity index (χ0n) is 16.8. The number of nitrogens with zero attached hydrogens (tertiary/aromatic N) is 1. The number of carbonyl (C=O) groups is 2. The second-order valence-corrected chi connectivity index (χ2v) is 8.74. The summed E-state index contributed by atoms with van der Waals surface area (Å²) in [5.41, 5.74) is 2.48. The van der Waals surface area contributed by atoms with Crippen molar-refractivity contribution in [3.63, 3.8) is 0 Å². The maximum Gasteiger partial charge on any atom is 0.266 e. The van der Waals surface area contributed by atoms with Crippen LogP contribution in [0.3, 0.4) is 0 Å². The molecule has 0 aromatic heterocycles. The van der Waals surface area contributed by atoms with Crippen molar-refractivity contribution < 1.29 is 14.7 Å². The zero-order chi connectivity index (χ0) is 21.5. The van der Waals surface area contributed by atoms with Gasteiger partial charge in [0.05, 0.1) is 4.91 Å². The number of para-hydroxylation sites is 2. The number of hydrogen-bond acceptors (Lipinski definition) is 5. The number of anilines is 1. The number of aryl methyl sites for hydroxylation is 1.